The Morgan fingerprint density at radius 3 is 2.33 bits per heavy atom. The maximum Gasteiger partial charge on any atom is 0.376 e. The molecule has 1 unspecified atom stereocenters. The molecule has 2 aromatic carbocycles. The van der Waals surface area contributed by atoms with E-state index in [2.05, 4.69) is 4.74 Å². The third-order valence-corrected chi connectivity index (χ3v) is 3.20. The van der Waals surface area contributed by atoms with E-state index < -0.39 is 17.1 Å². The van der Waals surface area contributed by atoms with Gasteiger partial charge in [-0.15, -0.1) is 11.6 Å². The molecule has 0 saturated heterocycles. The van der Waals surface area contributed by atoms with Crippen molar-refractivity contribution in [2.75, 3.05) is 7.11 Å². The highest BCUT2D eigenvalue weighted by Crippen LogP contribution is 2.28. The van der Waals surface area contributed by atoms with Gasteiger partial charge in [0, 0.05) is 0 Å². The van der Waals surface area contributed by atoms with Crippen molar-refractivity contribution in [2.24, 2.45) is 0 Å². The van der Waals surface area contributed by atoms with Crippen molar-refractivity contribution in [3.05, 3.63) is 60.2 Å². The van der Waals surface area contributed by atoms with Crippen LogP contribution in [0.25, 0.3) is 0 Å². The third-order valence-electron chi connectivity index (χ3n) is 2.75. The predicted octanol–water partition coefficient (Wildman–Crippen LogP) is 3.50. The number of esters is 1. The zero-order valence-electron chi connectivity index (χ0n) is 11.3. The highest BCUT2D eigenvalue weighted by atomic mass is 35.5. The van der Waals surface area contributed by atoms with Crippen LogP contribution >= 0.6 is 11.6 Å². The van der Waals surface area contributed by atoms with Gasteiger partial charge in [-0.1, -0.05) is 30.3 Å². The van der Waals surface area contributed by atoms with Gasteiger partial charge in [-0.25, -0.2) is 4.79 Å². The normalized spacial score (nSPS) is 11.5. The fourth-order valence-electron chi connectivity index (χ4n) is 1.72. The Balaban J connectivity index is 2.18. The van der Waals surface area contributed by atoms with E-state index in [1.54, 1.807) is 24.3 Å². The first-order chi connectivity index (χ1) is 10.1. The number of hydrogen-bond donors (Lipinski definition) is 0. The topological polar surface area (TPSA) is 52.6 Å². The fraction of sp³-hybridized carbons (Fsp3) is 0.125. The number of carbonyl (C=O) groups excluding carboxylic acids is 2. The average molecular weight is 305 g/mol. The fourth-order valence-corrected chi connectivity index (χ4v) is 1.94. The molecule has 2 aromatic rings. The van der Waals surface area contributed by atoms with Gasteiger partial charge in [0.05, 0.1) is 7.11 Å². The number of para-hydroxylation sites is 1. The second-order valence-corrected chi connectivity index (χ2v) is 4.64. The molecule has 0 bridgehead atoms. The molecule has 4 nitrogen and oxygen atoms in total. The molecule has 0 aliphatic carbocycles. The molecule has 1 atom stereocenters. The molecule has 5 heteroatoms. The number of hydrogen-bond acceptors (Lipinski definition) is 4. The van der Waals surface area contributed by atoms with Gasteiger partial charge in [0.15, 0.2) is 0 Å². The number of carbonyl (C=O) groups is 2. The molecule has 21 heavy (non-hydrogen) atoms. The molecule has 0 amide bonds. The molecule has 0 N–H and O–H groups in total. The number of benzene rings is 2. The summed E-state index contributed by atoms with van der Waals surface area (Å²) in [5, 5.41) is -1.10. The Bertz CT molecular complexity index is 640. The van der Waals surface area contributed by atoms with Gasteiger partial charge >= 0.3 is 5.97 Å². The number of ether oxygens (including phenoxy) is 2. The summed E-state index contributed by atoms with van der Waals surface area (Å²) < 4.78 is 10.0. The van der Waals surface area contributed by atoms with Gasteiger partial charge in [-0.3, -0.25) is 4.79 Å². The molecule has 0 saturated carbocycles. The summed E-state index contributed by atoms with van der Waals surface area (Å²) in [6.07, 6.45) is 0. The standard InChI is InChI=1S/C16H13ClO4/c1-20-16(19)15(18)14(17)11-6-5-9-13(10-11)21-12-7-3-2-4-8-12/h2-10,14H,1H3. The van der Waals surface area contributed by atoms with Crippen LogP contribution in [0.4, 0.5) is 0 Å². The van der Waals surface area contributed by atoms with Crippen molar-refractivity contribution in [3.63, 3.8) is 0 Å². The van der Waals surface area contributed by atoms with Crippen molar-refractivity contribution in [1.29, 1.82) is 0 Å². The Hall–Kier alpha value is -2.33. The molecule has 0 aliphatic rings. The Kier molecular flexibility index (Phi) is 4.95. The van der Waals surface area contributed by atoms with Gasteiger partial charge < -0.3 is 9.47 Å². The number of rotatable bonds is 5. The summed E-state index contributed by atoms with van der Waals surface area (Å²) >= 11 is 6.00. The van der Waals surface area contributed by atoms with E-state index in [1.165, 1.54) is 0 Å². The number of alkyl halides is 1. The van der Waals surface area contributed by atoms with Gasteiger partial charge in [-0.2, -0.15) is 0 Å². The summed E-state index contributed by atoms with van der Waals surface area (Å²) in [6.45, 7) is 0. The van der Waals surface area contributed by atoms with E-state index in [9.17, 15) is 9.59 Å². The lowest BCUT2D eigenvalue weighted by Gasteiger charge is -2.10. The summed E-state index contributed by atoms with van der Waals surface area (Å²) in [7, 11) is 1.14. The van der Waals surface area contributed by atoms with Crippen LogP contribution in [-0.2, 0) is 14.3 Å². The van der Waals surface area contributed by atoms with E-state index in [-0.39, 0.29) is 0 Å². The minimum atomic E-state index is -1.10. The van der Waals surface area contributed by atoms with E-state index in [4.69, 9.17) is 16.3 Å². The summed E-state index contributed by atoms with van der Waals surface area (Å²) in [6, 6.07) is 15.9. The lowest BCUT2D eigenvalue weighted by atomic mass is 10.1. The van der Waals surface area contributed by atoms with Crippen LogP contribution < -0.4 is 4.74 Å². The Morgan fingerprint density at radius 2 is 1.67 bits per heavy atom. The van der Waals surface area contributed by atoms with Crippen LogP contribution in [0.5, 0.6) is 11.5 Å². The minimum absolute atomic E-state index is 0.473. The maximum absolute atomic E-state index is 11.7. The first-order valence-electron chi connectivity index (χ1n) is 6.21. The van der Waals surface area contributed by atoms with Gasteiger partial charge in [0.25, 0.3) is 5.78 Å². The monoisotopic (exact) mass is 304 g/mol. The molecule has 2 rings (SSSR count). The van der Waals surface area contributed by atoms with Gasteiger partial charge in [0.2, 0.25) is 0 Å². The molecular weight excluding hydrogens is 292 g/mol. The number of ketones is 1. The first kappa shape index (κ1) is 15.1. The SMILES string of the molecule is COC(=O)C(=O)C(Cl)c1cccc(Oc2ccccc2)c1. The molecule has 0 fully saturated rings. The molecule has 0 spiro atoms. The first-order valence-corrected chi connectivity index (χ1v) is 6.64. The molecule has 0 aromatic heterocycles. The van der Waals surface area contributed by atoms with Crippen LogP contribution in [0.3, 0.4) is 0 Å². The van der Waals surface area contributed by atoms with Crippen LogP contribution in [0.2, 0.25) is 0 Å². The molecular formula is C16H13ClO4. The van der Waals surface area contributed by atoms with Crippen LogP contribution in [0.15, 0.2) is 54.6 Å². The Morgan fingerprint density at radius 1 is 1.00 bits per heavy atom. The zero-order chi connectivity index (χ0) is 15.2. The van der Waals surface area contributed by atoms with Gasteiger partial charge in [-0.05, 0) is 29.8 Å². The molecule has 0 aliphatic heterocycles. The second-order valence-electron chi connectivity index (χ2n) is 4.21. The largest absolute Gasteiger partial charge is 0.463 e. The zero-order valence-corrected chi connectivity index (χ0v) is 12.0. The van der Waals surface area contributed by atoms with Crippen molar-refractivity contribution < 1.29 is 19.1 Å². The predicted molar refractivity (Wildman–Crippen MR) is 78.6 cm³/mol. The number of Topliss-reactive ketones (excluding diaryl/α,β-unsaturated/α-hetero) is 1. The van der Waals surface area contributed by atoms with Crippen molar-refractivity contribution in [3.8, 4) is 11.5 Å². The highest BCUT2D eigenvalue weighted by molar-refractivity contribution is 6.47. The summed E-state index contributed by atoms with van der Waals surface area (Å²) in [5.41, 5.74) is 0.473. The van der Waals surface area contributed by atoms with E-state index >= 15 is 0 Å². The smallest absolute Gasteiger partial charge is 0.376 e. The van der Waals surface area contributed by atoms with Crippen LogP contribution in [0, 0.1) is 0 Å². The molecule has 108 valence electrons. The van der Waals surface area contributed by atoms with E-state index in [1.807, 2.05) is 30.3 Å². The highest BCUT2D eigenvalue weighted by Gasteiger charge is 2.25. The summed E-state index contributed by atoms with van der Waals surface area (Å²) in [4.78, 5) is 22.9. The lowest BCUT2D eigenvalue weighted by molar-refractivity contribution is -0.151. The Labute approximate surface area is 127 Å². The maximum atomic E-state index is 11.7. The number of methoxy groups -OCH3 is 1. The van der Waals surface area contributed by atoms with E-state index in [0.29, 0.717) is 17.1 Å². The molecule has 0 heterocycles. The van der Waals surface area contributed by atoms with Crippen LogP contribution in [0.1, 0.15) is 10.9 Å². The average Bonchev–Trinajstić information content (AvgIpc) is 2.54. The molecule has 0 radical (unpaired) electrons. The van der Waals surface area contributed by atoms with E-state index in [0.717, 1.165) is 7.11 Å². The quantitative estimate of drug-likeness (QED) is 0.482. The third kappa shape index (κ3) is 3.83. The van der Waals surface area contributed by atoms with Crippen molar-refractivity contribution >= 4 is 23.4 Å². The van der Waals surface area contributed by atoms with Crippen molar-refractivity contribution in [2.45, 2.75) is 5.38 Å². The lowest BCUT2D eigenvalue weighted by Crippen LogP contribution is -2.20. The second kappa shape index (κ2) is 6.90. The summed E-state index contributed by atoms with van der Waals surface area (Å²) in [5.74, 6) is -0.581. The minimum Gasteiger partial charge on any atom is -0.463 e. The van der Waals surface area contributed by atoms with Crippen LogP contribution in [-0.4, -0.2) is 18.9 Å². The van der Waals surface area contributed by atoms with Crippen molar-refractivity contribution in [1.82, 2.24) is 0 Å². The number of halogens is 1. The van der Waals surface area contributed by atoms with Gasteiger partial charge in [0.1, 0.15) is 16.9 Å².